The van der Waals surface area contributed by atoms with Crippen LogP contribution in [0.4, 0.5) is 0 Å². The van der Waals surface area contributed by atoms with Crippen molar-refractivity contribution >= 4 is 17.5 Å². The lowest BCUT2D eigenvalue weighted by atomic mass is 9.81. The van der Waals surface area contributed by atoms with E-state index in [1.165, 1.54) is 19.3 Å². The second-order valence-electron chi connectivity index (χ2n) is 7.35. The molecule has 0 aromatic heterocycles. The van der Waals surface area contributed by atoms with Crippen molar-refractivity contribution in [2.75, 3.05) is 6.61 Å². The van der Waals surface area contributed by atoms with E-state index in [1.807, 2.05) is 24.3 Å². The van der Waals surface area contributed by atoms with Gasteiger partial charge in [0, 0.05) is 35.4 Å². The molecule has 5 rings (SSSR count). The third kappa shape index (κ3) is 1.59. The maximum absolute atomic E-state index is 12.7. The van der Waals surface area contributed by atoms with Crippen LogP contribution >= 0.6 is 11.6 Å². The molecule has 3 unspecified atom stereocenters. The van der Waals surface area contributed by atoms with Gasteiger partial charge >= 0.3 is 0 Å². The largest absolute Gasteiger partial charge is 0.351 e. The molecule has 3 nitrogen and oxygen atoms in total. The molecular weight excluding hydrogens is 298 g/mol. The van der Waals surface area contributed by atoms with E-state index >= 15 is 0 Å². The molecule has 4 heteroatoms. The molecule has 2 bridgehead atoms. The van der Waals surface area contributed by atoms with Gasteiger partial charge in [0.15, 0.2) is 5.72 Å². The topological polar surface area (TPSA) is 29.5 Å². The number of amides is 1. The quantitative estimate of drug-likeness (QED) is 0.792. The van der Waals surface area contributed by atoms with Gasteiger partial charge in [0.25, 0.3) is 0 Å². The molecule has 1 aromatic rings. The SMILES string of the molecule is O=C1CCC2(c3ccc(Cl)cc3)OCC3C([C@@H]4CC[C@H]3C4)N12. The Morgan fingerprint density at radius 2 is 1.95 bits per heavy atom. The molecule has 2 heterocycles. The van der Waals surface area contributed by atoms with Crippen molar-refractivity contribution < 1.29 is 9.53 Å². The van der Waals surface area contributed by atoms with Crippen molar-refractivity contribution in [2.24, 2.45) is 17.8 Å². The molecule has 2 saturated carbocycles. The number of halogens is 1. The number of benzene rings is 1. The average molecular weight is 318 g/mol. The number of nitrogens with zero attached hydrogens (tertiary/aromatic N) is 1. The summed E-state index contributed by atoms with van der Waals surface area (Å²) in [6.07, 6.45) is 5.27. The number of rotatable bonds is 1. The Hall–Kier alpha value is -1.06. The highest BCUT2D eigenvalue weighted by atomic mass is 35.5. The highest BCUT2D eigenvalue weighted by Gasteiger charge is 2.62. The van der Waals surface area contributed by atoms with Gasteiger partial charge < -0.3 is 9.64 Å². The minimum atomic E-state index is -0.534. The molecule has 0 radical (unpaired) electrons. The third-order valence-electron chi connectivity index (χ3n) is 6.48. The van der Waals surface area contributed by atoms with Crippen LogP contribution in [0.1, 0.15) is 37.7 Å². The minimum Gasteiger partial charge on any atom is -0.351 e. The predicted octanol–water partition coefficient (Wildman–Crippen LogP) is 3.56. The van der Waals surface area contributed by atoms with Crippen molar-refractivity contribution in [3.63, 3.8) is 0 Å². The molecular formula is C18H20ClNO2. The first-order valence-electron chi connectivity index (χ1n) is 8.41. The molecule has 5 atom stereocenters. The van der Waals surface area contributed by atoms with E-state index < -0.39 is 5.72 Å². The molecule has 4 fully saturated rings. The van der Waals surface area contributed by atoms with Gasteiger partial charge in [-0.15, -0.1) is 0 Å². The van der Waals surface area contributed by atoms with Gasteiger partial charge in [0.05, 0.1) is 6.61 Å². The van der Waals surface area contributed by atoms with Gasteiger partial charge in [-0.3, -0.25) is 4.79 Å². The van der Waals surface area contributed by atoms with Crippen molar-refractivity contribution in [3.05, 3.63) is 34.9 Å². The van der Waals surface area contributed by atoms with Crippen LogP contribution in [0.3, 0.4) is 0 Å². The number of hydrogen-bond acceptors (Lipinski definition) is 2. The summed E-state index contributed by atoms with van der Waals surface area (Å²) in [6, 6.07) is 8.27. The predicted molar refractivity (Wildman–Crippen MR) is 83.3 cm³/mol. The molecule has 116 valence electrons. The first kappa shape index (κ1) is 13.4. The Morgan fingerprint density at radius 1 is 1.18 bits per heavy atom. The van der Waals surface area contributed by atoms with E-state index in [1.54, 1.807) is 0 Å². The summed E-state index contributed by atoms with van der Waals surface area (Å²) in [7, 11) is 0. The van der Waals surface area contributed by atoms with Crippen LogP contribution in [-0.4, -0.2) is 23.5 Å². The maximum Gasteiger partial charge on any atom is 0.225 e. The van der Waals surface area contributed by atoms with Crippen molar-refractivity contribution in [1.29, 1.82) is 0 Å². The summed E-state index contributed by atoms with van der Waals surface area (Å²) in [5.74, 6) is 2.29. The Kier molecular flexibility index (Phi) is 2.73. The first-order valence-corrected chi connectivity index (χ1v) is 8.79. The second kappa shape index (κ2) is 4.48. The van der Waals surface area contributed by atoms with Gasteiger partial charge in [-0.05, 0) is 43.2 Å². The molecule has 0 N–H and O–H groups in total. The zero-order valence-corrected chi connectivity index (χ0v) is 13.3. The summed E-state index contributed by atoms with van der Waals surface area (Å²) >= 11 is 6.04. The third-order valence-corrected chi connectivity index (χ3v) is 6.74. The van der Waals surface area contributed by atoms with Crippen molar-refractivity contribution in [3.8, 4) is 0 Å². The summed E-state index contributed by atoms with van der Waals surface area (Å²) < 4.78 is 6.41. The maximum atomic E-state index is 12.7. The Morgan fingerprint density at radius 3 is 2.77 bits per heavy atom. The summed E-state index contributed by atoms with van der Waals surface area (Å²) in [5, 5.41) is 0.727. The summed E-state index contributed by atoms with van der Waals surface area (Å²) in [5.41, 5.74) is 0.553. The molecule has 2 saturated heterocycles. The van der Waals surface area contributed by atoms with E-state index in [-0.39, 0.29) is 5.91 Å². The number of carbonyl (C=O) groups excluding carboxylic acids is 1. The van der Waals surface area contributed by atoms with E-state index in [4.69, 9.17) is 16.3 Å². The number of hydrogen-bond donors (Lipinski definition) is 0. The standard InChI is InChI=1S/C18H20ClNO2/c19-14-5-3-13(4-6-14)18-8-7-16(21)20(18)17-12-2-1-11(9-12)15(17)10-22-18/h3-6,11-12,15,17H,1-2,7-10H2/t11-,12+,15?,17?,18?/m0/s1. The molecule has 2 aliphatic heterocycles. The lowest BCUT2D eigenvalue weighted by molar-refractivity contribution is -0.223. The highest BCUT2D eigenvalue weighted by Crippen LogP contribution is 2.58. The van der Waals surface area contributed by atoms with Gasteiger partial charge in [0.2, 0.25) is 5.91 Å². The normalized spacial score (nSPS) is 42.6. The summed E-state index contributed by atoms with van der Waals surface area (Å²) in [6.45, 7) is 0.804. The molecule has 2 aliphatic carbocycles. The lowest BCUT2D eigenvalue weighted by Gasteiger charge is -2.52. The van der Waals surface area contributed by atoms with Crippen molar-refractivity contribution in [1.82, 2.24) is 4.90 Å². The second-order valence-corrected chi connectivity index (χ2v) is 7.79. The number of fused-ring (bicyclic) bond motifs is 7. The van der Waals surface area contributed by atoms with Crippen LogP contribution in [0.15, 0.2) is 24.3 Å². The monoisotopic (exact) mass is 317 g/mol. The zero-order valence-electron chi connectivity index (χ0n) is 12.5. The van der Waals surface area contributed by atoms with Crippen LogP contribution in [0, 0.1) is 17.8 Å². The minimum absolute atomic E-state index is 0.275. The summed E-state index contributed by atoms with van der Waals surface area (Å²) in [4.78, 5) is 14.8. The molecule has 0 spiro atoms. The van der Waals surface area contributed by atoms with E-state index in [0.717, 1.165) is 29.5 Å². The van der Waals surface area contributed by atoms with Crippen LogP contribution in [0.2, 0.25) is 5.02 Å². The van der Waals surface area contributed by atoms with Gasteiger partial charge in [-0.25, -0.2) is 0 Å². The van der Waals surface area contributed by atoms with Crippen LogP contribution in [0.25, 0.3) is 0 Å². The lowest BCUT2D eigenvalue weighted by Crippen LogP contribution is -2.60. The number of ether oxygens (including phenoxy) is 1. The Bertz CT molecular complexity index is 630. The van der Waals surface area contributed by atoms with Crippen molar-refractivity contribution in [2.45, 2.75) is 43.9 Å². The fourth-order valence-electron chi connectivity index (χ4n) is 5.60. The fourth-order valence-corrected chi connectivity index (χ4v) is 5.72. The van der Waals surface area contributed by atoms with E-state index in [9.17, 15) is 4.79 Å². The van der Waals surface area contributed by atoms with Gasteiger partial charge in [-0.1, -0.05) is 23.7 Å². The van der Waals surface area contributed by atoms with E-state index in [0.29, 0.717) is 24.3 Å². The Labute approximate surface area is 135 Å². The van der Waals surface area contributed by atoms with Crippen LogP contribution < -0.4 is 0 Å². The average Bonchev–Trinajstić information content (AvgIpc) is 3.22. The van der Waals surface area contributed by atoms with E-state index in [2.05, 4.69) is 4.90 Å². The zero-order chi connectivity index (χ0) is 14.9. The van der Waals surface area contributed by atoms with Crippen LogP contribution in [0.5, 0.6) is 0 Å². The number of carbonyl (C=O) groups is 1. The highest BCUT2D eigenvalue weighted by molar-refractivity contribution is 6.30. The molecule has 1 aromatic carbocycles. The van der Waals surface area contributed by atoms with Gasteiger partial charge in [0.1, 0.15) is 0 Å². The molecule has 1 amide bonds. The van der Waals surface area contributed by atoms with Gasteiger partial charge in [-0.2, -0.15) is 0 Å². The first-order chi connectivity index (χ1) is 10.7. The molecule has 22 heavy (non-hydrogen) atoms. The fraction of sp³-hybridized carbons (Fsp3) is 0.611. The van der Waals surface area contributed by atoms with Crippen LogP contribution in [-0.2, 0) is 15.3 Å². The Balaban J connectivity index is 1.60. The molecule has 4 aliphatic rings. The smallest absolute Gasteiger partial charge is 0.225 e.